The van der Waals surface area contributed by atoms with Gasteiger partial charge in [0, 0.05) is 12.7 Å². The third-order valence-electron chi connectivity index (χ3n) is 1.62. The fourth-order valence-electron chi connectivity index (χ4n) is 0.889. The van der Waals surface area contributed by atoms with Crippen LogP contribution in [0.1, 0.15) is 19.5 Å². The van der Waals surface area contributed by atoms with Gasteiger partial charge in [0.05, 0.1) is 5.02 Å². The first kappa shape index (κ1) is 11.0. The highest BCUT2D eigenvalue weighted by atomic mass is 35.5. The summed E-state index contributed by atoms with van der Waals surface area (Å²) in [5.74, 6) is 0.969. The summed E-state index contributed by atoms with van der Waals surface area (Å²) in [5.41, 5.74) is 6.41. The Labute approximate surface area is 89.0 Å². The Morgan fingerprint density at radius 2 is 2.29 bits per heavy atom. The molecular formula is C10H14ClN3. The number of amidine groups is 1. The molecule has 0 aliphatic carbocycles. The van der Waals surface area contributed by atoms with Gasteiger partial charge in [0.25, 0.3) is 0 Å². The monoisotopic (exact) mass is 211 g/mol. The van der Waals surface area contributed by atoms with Crippen molar-refractivity contribution in [2.75, 3.05) is 6.54 Å². The predicted octanol–water partition coefficient (Wildman–Crippen LogP) is 2.10. The highest BCUT2D eigenvalue weighted by Crippen LogP contribution is 2.06. The summed E-state index contributed by atoms with van der Waals surface area (Å²) in [7, 11) is 0. The Hall–Kier alpha value is -1.09. The molecule has 76 valence electrons. The molecule has 0 saturated heterocycles. The van der Waals surface area contributed by atoms with Crippen molar-refractivity contribution < 1.29 is 0 Å². The minimum absolute atomic E-state index is 0.468. The SMILES string of the molecule is CC(C)CN=C(N)c1ccc(Cl)cn1. The van der Waals surface area contributed by atoms with E-state index in [9.17, 15) is 0 Å². The first-order valence-corrected chi connectivity index (χ1v) is 4.89. The van der Waals surface area contributed by atoms with E-state index in [0.717, 1.165) is 6.54 Å². The number of rotatable bonds is 3. The van der Waals surface area contributed by atoms with Crippen molar-refractivity contribution in [1.82, 2.24) is 4.98 Å². The van der Waals surface area contributed by atoms with Crippen molar-refractivity contribution in [1.29, 1.82) is 0 Å². The second kappa shape index (κ2) is 4.96. The molecule has 0 aromatic carbocycles. The van der Waals surface area contributed by atoms with Gasteiger partial charge in [-0.1, -0.05) is 25.4 Å². The Morgan fingerprint density at radius 3 is 2.79 bits per heavy atom. The van der Waals surface area contributed by atoms with E-state index in [-0.39, 0.29) is 0 Å². The molecule has 1 heterocycles. The molecule has 14 heavy (non-hydrogen) atoms. The lowest BCUT2D eigenvalue weighted by Crippen LogP contribution is -2.16. The zero-order chi connectivity index (χ0) is 10.6. The van der Waals surface area contributed by atoms with Gasteiger partial charge in [-0.25, -0.2) is 0 Å². The largest absolute Gasteiger partial charge is 0.382 e. The number of aromatic nitrogens is 1. The first-order valence-electron chi connectivity index (χ1n) is 4.51. The van der Waals surface area contributed by atoms with Crippen LogP contribution in [-0.2, 0) is 0 Å². The number of aliphatic imine (C=N–C) groups is 1. The Bertz CT molecular complexity index is 317. The summed E-state index contributed by atoms with van der Waals surface area (Å²) in [6.07, 6.45) is 1.56. The third kappa shape index (κ3) is 3.34. The van der Waals surface area contributed by atoms with Crippen LogP contribution in [0, 0.1) is 5.92 Å². The average Bonchev–Trinajstić information content (AvgIpc) is 2.15. The highest BCUT2D eigenvalue weighted by Gasteiger charge is 1.99. The number of nitrogens with two attached hydrogens (primary N) is 1. The topological polar surface area (TPSA) is 51.3 Å². The van der Waals surface area contributed by atoms with Gasteiger partial charge in [0.15, 0.2) is 0 Å². The molecule has 4 heteroatoms. The molecule has 1 aromatic heterocycles. The smallest absolute Gasteiger partial charge is 0.144 e. The van der Waals surface area contributed by atoms with Gasteiger partial charge in [0.1, 0.15) is 11.5 Å². The van der Waals surface area contributed by atoms with Crippen LogP contribution in [0.5, 0.6) is 0 Å². The molecule has 0 saturated carbocycles. The molecule has 0 atom stereocenters. The molecule has 0 amide bonds. The average molecular weight is 212 g/mol. The molecule has 1 aromatic rings. The van der Waals surface area contributed by atoms with Crippen LogP contribution in [0.2, 0.25) is 5.02 Å². The molecule has 0 aliphatic heterocycles. The van der Waals surface area contributed by atoms with Gasteiger partial charge in [-0.15, -0.1) is 0 Å². The van der Waals surface area contributed by atoms with Gasteiger partial charge >= 0.3 is 0 Å². The lowest BCUT2D eigenvalue weighted by atomic mass is 10.2. The number of halogens is 1. The van der Waals surface area contributed by atoms with Crippen molar-refractivity contribution in [2.45, 2.75) is 13.8 Å². The molecule has 0 radical (unpaired) electrons. The predicted molar refractivity (Wildman–Crippen MR) is 59.7 cm³/mol. The van der Waals surface area contributed by atoms with Crippen LogP contribution < -0.4 is 5.73 Å². The van der Waals surface area contributed by atoms with Crippen LogP contribution in [0.4, 0.5) is 0 Å². The standard InChI is InChI=1S/C10H14ClN3/c1-7(2)5-14-10(12)9-4-3-8(11)6-13-9/h3-4,6-7H,5H2,1-2H3,(H2,12,14). The van der Waals surface area contributed by atoms with E-state index in [1.54, 1.807) is 18.3 Å². The van der Waals surface area contributed by atoms with Crippen LogP contribution in [-0.4, -0.2) is 17.4 Å². The van der Waals surface area contributed by atoms with Gasteiger partial charge in [-0.05, 0) is 18.1 Å². The van der Waals surface area contributed by atoms with Gasteiger partial charge in [-0.2, -0.15) is 0 Å². The summed E-state index contributed by atoms with van der Waals surface area (Å²) in [6, 6.07) is 3.52. The molecule has 0 bridgehead atoms. The molecule has 2 N–H and O–H groups in total. The second-order valence-corrected chi connectivity index (χ2v) is 3.92. The maximum Gasteiger partial charge on any atom is 0.144 e. The van der Waals surface area contributed by atoms with Crippen LogP contribution in [0.25, 0.3) is 0 Å². The first-order chi connectivity index (χ1) is 6.59. The normalized spacial score (nSPS) is 12.1. The maximum atomic E-state index is 5.74. The molecule has 0 spiro atoms. The minimum atomic E-state index is 0.468. The number of hydrogen-bond acceptors (Lipinski definition) is 2. The van der Waals surface area contributed by atoms with Crippen molar-refractivity contribution in [3.8, 4) is 0 Å². The van der Waals surface area contributed by atoms with E-state index in [4.69, 9.17) is 17.3 Å². The molecule has 1 rings (SSSR count). The lowest BCUT2D eigenvalue weighted by molar-refractivity contribution is 0.665. The van der Waals surface area contributed by atoms with E-state index in [1.165, 1.54) is 0 Å². The van der Waals surface area contributed by atoms with E-state index >= 15 is 0 Å². The summed E-state index contributed by atoms with van der Waals surface area (Å²) in [4.78, 5) is 8.28. The van der Waals surface area contributed by atoms with Crippen LogP contribution in [0.15, 0.2) is 23.3 Å². The van der Waals surface area contributed by atoms with Gasteiger partial charge in [0.2, 0.25) is 0 Å². The summed E-state index contributed by atoms with van der Waals surface area (Å²) < 4.78 is 0. The second-order valence-electron chi connectivity index (χ2n) is 3.48. The number of nitrogens with zero attached hydrogens (tertiary/aromatic N) is 2. The molecule has 0 aliphatic rings. The zero-order valence-electron chi connectivity index (χ0n) is 8.37. The van der Waals surface area contributed by atoms with Crippen molar-refractivity contribution >= 4 is 17.4 Å². The van der Waals surface area contributed by atoms with E-state index < -0.39 is 0 Å². The molecular weight excluding hydrogens is 198 g/mol. The van der Waals surface area contributed by atoms with Gasteiger partial charge < -0.3 is 5.73 Å². The van der Waals surface area contributed by atoms with Crippen LogP contribution >= 0.6 is 11.6 Å². The molecule has 3 nitrogen and oxygen atoms in total. The van der Waals surface area contributed by atoms with Crippen molar-refractivity contribution in [3.05, 3.63) is 29.0 Å². The fourth-order valence-corrected chi connectivity index (χ4v) is 1.00. The Morgan fingerprint density at radius 1 is 1.57 bits per heavy atom. The van der Waals surface area contributed by atoms with Crippen molar-refractivity contribution in [3.63, 3.8) is 0 Å². The summed E-state index contributed by atoms with van der Waals surface area (Å²) in [5, 5.41) is 0.602. The highest BCUT2D eigenvalue weighted by molar-refractivity contribution is 6.30. The molecule has 0 unspecified atom stereocenters. The van der Waals surface area contributed by atoms with Crippen LogP contribution in [0.3, 0.4) is 0 Å². The maximum absolute atomic E-state index is 5.74. The number of pyridine rings is 1. The molecule has 0 fully saturated rings. The zero-order valence-corrected chi connectivity index (χ0v) is 9.12. The van der Waals surface area contributed by atoms with E-state index in [0.29, 0.717) is 22.5 Å². The van der Waals surface area contributed by atoms with E-state index in [2.05, 4.69) is 23.8 Å². The third-order valence-corrected chi connectivity index (χ3v) is 1.84. The quantitative estimate of drug-likeness (QED) is 0.615. The van der Waals surface area contributed by atoms with E-state index in [1.807, 2.05) is 0 Å². The van der Waals surface area contributed by atoms with Crippen molar-refractivity contribution in [2.24, 2.45) is 16.6 Å². The lowest BCUT2D eigenvalue weighted by Gasteiger charge is -2.02. The summed E-state index contributed by atoms with van der Waals surface area (Å²) in [6.45, 7) is 4.90. The summed E-state index contributed by atoms with van der Waals surface area (Å²) >= 11 is 5.70. The Kier molecular flexibility index (Phi) is 3.89. The fraction of sp³-hybridized carbons (Fsp3) is 0.400. The Balaban J connectivity index is 2.73. The van der Waals surface area contributed by atoms with Gasteiger partial charge in [-0.3, -0.25) is 9.98 Å². The minimum Gasteiger partial charge on any atom is -0.382 e. The number of hydrogen-bond donors (Lipinski definition) is 1.